The van der Waals surface area contributed by atoms with Crippen LogP contribution in [0.25, 0.3) is 0 Å². The van der Waals surface area contributed by atoms with Crippen LogP contribution in [-0.2, 0) is 6.54 Å². The molecule has 0 aliphatic carbocycles. The van der Waals surface area contributed by atoms with E-state index in [0.717, 1.165) is 19.4 Å². The van der Waals surface area contributed by atoms with Crippen LogP contribution in [0.3, 0.4) is 0 Å². The first-order valence-corrected chi connectivity index (χ1v) is 7.54. The first-order valence-electron chi connectivity index (χ1n) is 7.17. The molecule has 118 valence electrons. The smallest absolute Gasteiger partial charge is 0.387 e. The van der Waals surface area contributed by atoms with Crippen LogP contribution in [0.5, 0.6) is 5.75 Å². The number of piperidine rings is 1. The average molecular weight is 319 g/mol. The molecule has 1 heterocycles. The van der Waals surface area contributed by atoms with Crippen LogP contribution < -0.4 is 10.5 Å². The molecule has 0 saturated carbocycles. The maximum atomic E-state index is 12.5. The highest BCUT2D eigenvalue weighted by Crippen LogP contribution is 2.29. The van der Waals surface area contributed by atoms with Crippen molar-refractivity contribution in [1.82, 2.24) is 4.90 Å². The Labute approximate surface area is 129 Å². The maximum Gasteiger partial charge on any atom is 0.387 e. The maximum absolute atomic E-state index is 12.5. The van der Waals surface area contributed by atoms with Crippen LogP contribution in [0.4, 0.5) is 8.78 Å². The summed E-state index contributed by atoms with van der Waals surface area (Å²) in [6.07, 6.45) is 2.12. The first kappa shape index (κ1) is 16.5. The standard InChI is InChI=1S/C15H21ClF2N2O/c1-10-4-5-20(13(6-10)8-19)9-11-7-12(16)2-3-14(11)21-15(17)18/h2-3,7,10,13,15H,4-6,8-9,19H2,1H3. The molecule has 2 atom stereocenters. The zero-order valence-electron chi connectivity index (χ0n) is 12.1. The molecule has 0 spiro atoms. The van der Waals surface area contributed by atoms with Gasteiger partial charge in [-0.05, 0) is 43.5 Å². The number of halogens is 3. The Hall–Kier alpha value is -0.910. The Morgan fingerprint density at radius 2 is 2.24 bits per heavy atom. The number of hydrogen-bond acceptors (Lipinski definition) is 3. The summed E-state index contributed by atoms with van der Waals surface area (Å²) in [5.41, 5.74) is 6.52. The number of alkyl halides is 2. The van der Waals surface area contributed by atoms with Crippen LogP contribution in [0.2, 0.25) is 5.02 Å². The number of nitrogens with two attached hydrogens (primary N) is 1. The van der Waals surface area contributed by atoms with E-state index in [1.807, 2.05) is 0 Å². The topological polar surface area (TPSA) is 38.5 Å². The number of nitrogens with zero attached hydrogens (tertiary/aromatic N) is 1. The van der Waals surface area contributed by atoms with Gasteiger partial charge in [-0.2, -0.15) is 8.78 Å². The van der Waals surface area contributed by atoms with Gasteiger partial charge in [0.05, 0.1) is 0 Å². The van der Waals surface area contributed by atoms with Gasteiger partial charge in [0.2, 0.25) is 0 Å². The molecule has 1 aliphatic heterocycles. The van der Waals surface area contributed by atoms with Gasteiger partial charge in [-0.25, -0.2) is 0 Å². The Morgan fingerprint density at radius 3 is 2.90 bits per heavy atom. The minimum absolute atomic E-state index is 0.184. The third-order valence-corrected chi connectivity index (χ3v) is 4.22. The van der Waals surface area contributed by atoms with Crippen molar-refractivity contribution in [2.75, 3.05) is 13.1 Å². The Bertz CT molecular complexity index is 473. The van der Waals surface area contributed by atoms with Gasteiger partial charge in [-0.3, -0.25) is 4.90 Å². The predicted octanol–water partition coefficient (Wildman–Crippen LogP) is 3.50. The summed E-state index contributed by atoms with van der Waals surface area (Å²) in [5.74, 6) is 0.828. The van der Waals surface area contributed by atoms with Crippen LogP contribution >= 0.6 is 11.6 Å². The molecule has 1 aliphatic rings. The van der Waals surface area contributed by atoms with Crippen molar-refractivity contribution >= 4 is 11.6 Å². The molecule has 21 heavy (non-hydrogen) atoms. The van der Waals surface area contributed by atoms with Crippen molar-refractivity contribution < 1.29 is 13.5 Å². The second-order valence-electron chi connectivity index (χ2n) is 5.62. The number of ether oxygens (including phenoxy) is 1. The summed E-state index contributed by atoms with van der Waals surface area (Å²) < 4.78 is 29.6. The van der Waals surface area contributed by atoms with Crippen molar-refractivity contribution in [3.8, 4) is 5.75 Å². The van der Waals surface area contributed by atoms with Crippen molar-refractivity contribution in [3.63, 3.8) is 0 Å². The highest BCUT2D eigenvalue weighted by molar-refractivity contribution is 6.30. The lowest BCUT2D eigenvalue weighted by Crippen LogP contribution is -2.45. The van der Waals surface area contributed by atoms with E-state index in [1.54, 1.807) is 12.1 Å². The minimum atomic E-state index is -2.84. The Kier molecular flexibility index (Phi) is 5.79. The summed E-state index contributed by atoms with van der Waals surface area (Å²) in [7, 11) is 0. The minimum Gasteiger partial charge on any atom is -0.434 e. The van der Waals surface area contributed by atoms with Gasteiger partial charge in [0.25, 0.3) is 0 Å². The third kappa shape index (κ3) is 4.53. The van der Waals surface area contributed by atoms with E-state index in [-0.39, 0.29) is 11.8 Å². The molecular weight excluding hydrogens is 298 g/mol. The van der Waals surface area contributed by atoms with E-state index in [2.05, 4.69) is 16.6 Å². The highest BCUT2D eigenvalue weighted by atomic mass is 35.5. The molecule has 6 heteroatoms. The quantitative estimate of drug-likeness (QED) is 0.903. The molecular formula is C15H21ClF2N2O. The largest absolute Gasteiger partial charge is 0.434 e. The average Bonchev–Trinajstić information content (AvgIpc) is 2.43. The molecule has 0 aromatic heterocycles. The summed E-state index contributed by atoms with van der Waals surface area (Å²) in [5, 5.41) is 0.515. The van der Waals surface area contributed by atoms with Gasteiger partial charge in [0.15, 0.2) is 0 Å². The number of rotatable bonds is 5. The van der Waals surface area contributed by atoms with Crippen molar-refractivity contribution in [1.29, 1.82) is 0 Å². The van der Waals surface area contributed by atoms with Crippen LogP contribution in [0.15, 0.2) is 18.2 Å². The van der Waals surface area contributed by atoms with Gasteiger partial charge in [-0.1, -0.05) is 18.5 Å². The predicted molar refractivity (Wildman–Crippen MR) is 79.7 cm³/mol. The van der Waals surface area contributed by atoms with Crippen molar-refractivity contribution in [3.05, 3.63) is 28.8 Å². The van der Waals surface area contributed by atoms with Gasteiger partial charge in [0.1, 0.15) is 5.75 Å². The normalized spacial score (nSPS) is 23.5. The number of hydrogen-bond donors (Lipinski definition) is 1. The van der Waals surface area contributed by atoms with Gasteiger partial charge in [-0.15, -0.1) is 0 Å². The highest BCUT2D eigenvalue weighted by Gasteiger charge is 2.26. The summed E-state index contributed by atoms with van der Waals surface area (Å²) in [6, 6.07) is 5.01. The molecule has 0 amide bonds. The second kappa shape index (κ2) is 7.38. The lowest BCUT2D eigenvalue weighted by Gasteiger charge is -2.38. The van der Waals surface area contributed by atoms with E-state index < -0.39 is 6.61 Å². The van der Waals surface area contributed by atoms with Crippen molar-refractivity contribution in [2.24, 2.45) is 11.7 Å². The second-order valence-corrected chi connectivity index (χ2v) is 6.06. The van der Waals surface area contributed by atoms with E-state index in [1.165, 1.54) is 6.07 Å². The molecule has 1 fully saturated rings. The molecule has 1 saturated heterocycles. The Balaban J connectivity index is 2.15. The molecule has 3 nitrogen and oxygen atoms in total. The molecule has 2 unspecified atom stereocenters. The molecule has 2 rings (SSSR count). The molecule has 2 N–H and O–H groups in total. The molecule has 1 aromatic rings. The molecule has 1 aromatic carbocycles. The lowest BCUT2D eigenvalue weighted by atomic mass is 9.92. The van der Waals surface area contributed by atoms with E-state index >= 15 is 0 Å². The summed E-state index contributed by atoms with van der Waals surface area (Å²) in [6.45, 7) is 1.37. The number of benzene rings is 1. The summed E-state index contributed by atoms with van der Waals surface area (Å²) in [4.78, 5) is 2.23. The fourth-order valence-corrected chi connectivity index (χ4v) is 3.05. The van der Waals surface area contributed by atoms with Gasteiger partial charge < -0.3 is 10.5 Å². The van der Waals surface area contributed by atoms with E-state index in [9.17, 15) is 8.78 Å². The lowest BCUT2D eigenvalue weighted by molar-refractivity contribution is -0.0509. The van der Waals surface area contributed by atoms with Crippen LogP contribution in [0.1, 0.15) is 25.3 Å². The van der Waals surface area contributed by atoms with Crippen LogP contribution in [0, 0.1) is 5.92 Å². The fourth-order valence-electron chi connectivity index (χ4n) is 2.85. The fraction of sp³-hybridized carbons (Fsp3) is 0.600. The SMILES string of the molecule is CC1CCN(Cc2cc(Cl)ccc2OC(F)F)C(CN)C1. The molecule has 0 radical (unpaired) electrons. The van der Waals surface area contributed by atoms with Crippen molar-refractivity contribution in [2.45, 2.75) is 39.0 Å². The monoisotopic (exact) mass is 318 g/mol. The molecule has 0 bridgehead atoms. The Morgan fingerprint density at radius 1 is 1.48 bits per heavy atom. The van der Waals surface area contributed by atoms with Gasteiger partial charge in [0, 0.05) is 29.7 Å². The van der Waals surface area contributed by atoms with Crippen LogP contribution in [-0.4, -0.2) is 30.6 Å². The van der Waals surface area contributed by atoms with Gasteiger partial charge >= 0.3 is 6.61 Å². The van der Waals surface area contributed by atoms with E-state index in [0.29, 0.717) is 29.6 Å². The number of likely N-dealkylation sites (tertiary alicyclic amines) is 1. The zero-order valence-corrected chi connectivity index (χ0v) is 12.8. The first-order chi connectivity index (χ1) is 9.99. The zero-order chi connectivity index (χ0) is 15.4. The van der Waals surface area contributed by atoms with E-state index in [4.69, 9.17) is 17.3 Å². The summed E-state index contributed by atoms with van der Waals surface area (Å²) >= 11 is 5.98. The third-order valence-electron chi connectivity index (χ3n) is 3.98.